The average molecular weight is 437 g/mol. The molecule has 164 valence electrons. The van der Waals surface area contributed by atoms with Crippen molar-refractivity contribution < 1.29 is 23.5 Å². The van der Waals surface area contributed by atoms with Crippen LogP contribution in [0.3, 0.4) is 0 Å². The van der Waals surface area contributed by atoms with Crippen molar-refractivity contribution in [2.45, 2.75) is 12.5 Å². The molecule has 0 radical (unpaired) electrons. The van der Waals surface area contributed by atoms with Crippen molar-refractivity contribution in [1.29, 1.82) is 0 Å². The van der Waals surface area contributed by atoms with Gasteiger partial charge < -0.3 is 21.5 Å². The van der Waals surface area contributed by atoms with Gasteiger partial charge in [0, 0.05) is 5.56 Å². The summed E-state index contributed by atoms with van der Waals surface area (Å²) in [7, 11) is 0. The number of halogens is 1. The third-order valence-electron chi connectivity index (χ3n) is 4.24. The number of benzene rings is 2. The zero-order chi connectivity index (χ0) is 23.1. The van der Waals surface area contributed by atoms with Gasteiger partial charge in [-0.3, -0.25) is 14.9 Å². The first kappa shape index (κ1) is 22.2. The molecule has 0 saturated carbocycles. The molecule has 3 rings (SSSR count). The van der Waals surface area contributed by atoms with Crippen LogP contribution in [0.15, 0.2) is 66.7 Å². The van der Waals surface area contributed by atoms with Crippen molar-refractivity contribution in [1.82, 2.24) is 10.3 Å². The maximum Gasteiger partial charge on any atom is 0.321 e. The van der Waals surface area contributed by atoms with E-state index in [2.05, 4.69) is 15.6 Å². The number of ether oxygens (including phenoxy) is 1. The second kappa shape index (κ2) is 10.0. The third kappa shape index (κ3) is 6.26. The van der Waals surface area contributed by atoms with E-state index in [-0.39, 0.29) is 11.6 Å². The van der Waals surface area contributed by atoms with Crippen LogP contribution in [0.5, 0.6) is 11.5 Å². The second-order valence-electron chi connectivity index (χ2n) is 6.71. The number of carbonyl (C=O) groups excluding carboxylic acids is 3. The number of carbonyl (C=O) groups is 3. The van der Waals surface area contributed by atoms with Gasteiger partial charge in [0.25, 0.3) is 0 Å². The minimum atomic E-state index is -1.23. The Hall–Kier alpha value is -4.47. The van der Waals surface area contributed by atoms with Crippen molar-refractivity contribution in [2.75, 3.05) is 5.32 Å². The van der Waals surface area contributed by atoms with Crippen molar-refractivity contribution >= 4 is 23.7 Å². The van der Waals surface area contributed by atoms with Gasteiger partial charge in [-0.25, -0.2) is 14.2 Å². The van der Waals surface area contributed by atoms with E-state index in [0.29, 0.717) is 17.2 Å². The Labute approximate surface area is 182 Å². The van der Waals surface area contributed by atoms with Crippen LogP contribution in [-0.4, -0.2) is 28.9 Å². The van der Waals surface area contributed by atoms with Crippen molar-refractivity contribution in [2.24, 2.45) is 11.5 Å². The smallest absolute Gasteiger partial charge is 0.321 e. The van der Waals surface area contributed by atoms with Crippen LogP contribution in [0.25, 0.3) is 11.3 Å². The predicted molar refractivity (Wildman–Crippen MR) is 115 cm³/mol. The van der Waals surface area contributed by atoms with Crippen LogP contribution in [-0.2, 0) is 9.59 Å². The molecule has 1 atom stereocenters. The monoisotopic (exact) mass is 437 g/mol. The first-order chi connectivity index (χ1) is 15.3. The Bertz CT molecular complexity index is 1120. The molecule has 3 aromatic rings. The van der Waals surface area contributed by atoms with Crippen LogP contribution in [0.2, 0.25) is 0 Å². The molecule has 2 aromatic carbocycles. The number of hydrogen-bond donors (Lipinski definition) is 4. The number of rotatable bonds is 8. The molecule has 0 fully saturated rings. The van der Waals surface area contributed by atoms with Crippen LogP contribution < -0.4 is 26.8 Å². The predicted octanol–water partition coefficient (Wildman–Crippen LogP) is 2.53. The van der Waals surface area contributed by atoms with Crippen molar-refractivity contribution in [3.63, 3.8) is 0 Å². The highest BCUT2D eigenvalue weighted by atomic mass is 19.1. The molecule has 0 spiro atoms. The lowest BCUT2D eigenvalue weighted by atomic mass is 10.1. The summed E-state index contributed by atoms with van der Waals surface area (Å²) in [6.07, 6.45) is -0.414. The highest BCUT2D eigenvalue weighted by Crippen LogP contribution is 2.25. The molecule has 6 N–H and O–H groups in total. The van der Waals surface area contributed by atoms with Gasteiger partial charge in [-0.1, -0.05) is 6.07 Å². The van der Waals surface area contributed by atoms with E-state index in [1.54, 1.807) is 42.5 Å². The van der Waals surface area contributed by atoms with E-state index in [9.17, 15) is 18.8 Å². The van der Waals surface area contributed by atoms with Gasteiger partial charge in [0.15, 0.2) is 0 Å². The van der Waals surface area contributed by atoms with Gasteiger partial charge in [0.1, 0.15) is 29.2 Å². The molecule has 0 aliphatic rings. The molecule has 4 amide bonds. The Morgan fingerprint density at radius 1 is 0.938 bits per heavy atom. The number of nitrogens with one attached hydrogen (secondary N) is 2. The van der Waals surface area contributed by atoms with Crippen LogP contribution in [0.1, 0.15) is 6.42 Å². The zero-order valence-electron chi connectivity index (χ0n) is 16.7. The highest BCUT2D eigenvalue weighted by molar-refractivity contribution is 5.94. The van der Waals surface area contributed by atoms with Crippen LogP contribution in [0.4, 0.5) is 15.0 Å². The summed E-state index contributed by atoms with van der Waals surface area (Å²) >= 11 is 0. The molecule has 1 unspecified atom stereocenters. The molecular formula is C22H20FN5O4. The quantitative estimate of drug-likeness (QED) is 0.427. The van der Waals surface area contributed by atoms with Gasteiger partial charge in [0.2, 0.25) is 11.8 Å². The summed E-state index contributed by atoms with van der Waals surface area (Å²) < 4.78 is 18.7. The summed E-state index contributed by atoms with van der Waals surface area (Å²) in [5.74, 6) is -0.737. The molecule has 1 heterocycles. The number of pyridine rings is 1. The standard InChI is InChI=1S/C22H20FN5O4/c23-14-6-10-16(11-7-14)32-15-8-4-13(5-9-15)17-2-1-3-20(26-17)28-22(31)27-18(21(25)30)12-19(24)29/h1-11,18H,12H2,(H2,24,29)(H2,25,30)(H2,26,27,28,31). The molecule has 0 saturated heterocycles. The largest absolute Gasteiger partial charge is 0.457 e. The normalized spacial score (nSPS) is 11.3. The highest BCUT2D eigenvalue weighted by Gasteiger charge is 2.20. The number of amides is 4. The minimum absolute atomic E-state index is 0.217. The van der Waals surface area contributed by atoms with Gasteiger partial charge in [-0.15, -0.1) is 0 Å². The van der Waals surface area contributed by atoms with E-state index in [1.807, 2.05) is 0 Å². The third-order valence-corrected chi connectivity index (χ3v) is 4.24. The fourth-order valence-corrected chi connectivity index (χ4v) is 2.73. The van der Waals surface area contributed by atoms with Crippen molar-refractivity contribution in [3.8, 4) is 22.8 Å². The molecule has 0 aliphatic heterocycles. The number of nitrogens with two attached hydrogens (primary N) is 2. The fourth-order valence-electron chi connectivity index (χ4n) is 2.73. The van der Waals surface area contributed by atoms with Gasteiger partial charge in [0.05, 0.1) is 12.1 Å². The van der Waals surface area contributed by atoms with E-state index in [0.717, 1.165) is 5.56 Å². The molecule has 32 heavy (non-hydrogen) atoms. The maximum absolute atomic E-state index is 13.0. The SMILES string of the molecule is NC(=O)CC(NC(=O)Nc1cccc(-c2ccc(Oc3ccc(F)cc3)cc2)n1)C(N)=O. The number of urea groups is 1. The van der Waals surface area contributed by atoms with Crippen LogP contribution in [0, 0.1) is 5.82 Å². The number of aromatic nitrogens is 1. The van der Waals surface area contributed by atoms with E-state index < -0.39 is 30.3 Å². The van der Waals surface area contributed by atoms with E-state index >= 15 is 0 Å². The van der Waals surface area contributed by atoms with E-state index in [1.165, 1.54) is 24.3 Å². The minimum Gasteiger partial charge on any atom is -0.457 e. The zero-order valence-corrected chi connectivity index (χ0v) is 16.7. The summed E-state index contributed by atoms with van der Waals surface area (Å²) in [6, 6.07) is 15.7. The molecule has 0 aliphatic carbocycles. The Balaban J connectivity index is 1.66. The van der Waals surface area contributed by atoms with Gasteiger partial charge in [-0.05, 0) is 60.7 Å². The van der Waals surface area contributed by atoms with E-state index in [4.69, 9.17) is 16.2 Å². The average Bonchev–Trinajstić information content (AvgIpc) is 2.75. The Morgan fingerprint density at radius 2 is 1.56 bits per heavy atom. The Morgan fingerprint density at radius 3 is 2.16 bits per heavy atom. The van der Waals surface area contributed by atoms with Gasteiger partial charge in [-0.2, -0.15) is 0 Å². The first-order valence-electron chi connectivity index (χ1n) is 9.46. The number of anilines is 1. The Kier molecular flexibility index (Phi) is 6.96. The molecule has 0 bridgehead atoms. The number of hydrogen-bond acceptors (Lipinski definition) is 5. The first-order valence-corrected chi connectivity index (χ1v) is 9.46. The summed E-state index contributed by atoms with van der Waals surface area (Å²) in [5, 5.41) is 4.77. The van der Waals surface area contributed by atoms with Crippen molar-refractivity contribution in [3.05, 3.63) is 72.5 Å². The molecular weight excluding hydrogens is 417 g/mol. The number of nitrogens with zero attached hydrogens (tertiary/aromatic N) is 1. The van der Waals surface area contributed by atoms with Crippen LogP contribution >= 0.6 is 0 Å². The summed E-state index contributed by atoms with van der Waals surface area (Å²) in [4.78, 5) is 38.8. The molecule has 10 heteroatoms. The maximum atomic E-state index is 13.0. The lowest BCUT2D eigenvalue weighted by molar-refractivity contribution is -0.124. The summed E-state index contributed by atoms with van der Waals surface area (Å²) in [5.41, 5.74) is 11.5. The molecule has 1 aromatic heterocycles. The molecule has 9 nitrogen and oxygen atoms in total. The second-order valence-corrected chi connectivity index (χ2v) is 6.71. The lowest BCUT2D eigenvalue weighted by Crippen LogP contribution is -2.48. The fraction of sp³-hybridized carbons (Fsp3) is 0.0909. The van der Waals surface area contributed by atoms with Gasteiger partial charge >= 0.3 is 6.03 Å². The topological polar surface area (TPSA) is 149 Å². The lowest BCUT2D eigenvalue weighted by Gasteiger charge is -2.14. The summed E-state index contributed by atoms with van der Waals surface area (Å²) in [6.45, 7) is 0. The number of primary amides is 2.